The van der Waals surface area contributed by atoms with E-state index in [1.165, 1.54) is 4.90 Å². The molecular formula is C35H40N6O7. The van der Waals surface area contributed by atoms with Crippen LogP contribution in [-0.4, -0.2) is 66.0 Å². The SMILES string of the molecule is Cc1cc(/N=N/c2cccc3c2CN(C2CCC(=O)NC2=O)C3=O)c2ccccc2c1OCC(=O)NCCCCNC(=O)OC(C)(C)C. The number of alkyl carbamates (subject to hydrolysis) is 1. The standard InChI is InChI=1S/C35H40N6O7/c1-21-18-27(40-39-26-13-9-12-24-25(26)19-41(33(24)45)28-14-15-29(42)38-32(28)44)22-10-5-6-11-23(22)31(21)47-20-30(43)36-16-7-8-17-37-34(46)48-35(2,3)4/h5-6,9-13,18,28H,7-8,14-17,19-20H2,1-4H3,(H,36,43)(H,37,46)(H,38,42,44)/b40-39+. The van der Waals surface area contributed by atoms with Crippen LogP contribution in [0.4, 0.5) is 16.2 Å². The molecule has 0 aliphatic carbocycles. The Morgan fingerprint density at radius 3 is 2.40 bits per heavy atom. The Labute approximate surface area is 278 Å². The summed E-state index contributed by atoms with van der Waals surface area (Å²) < 4.78 is 11.2. The van der Waals surface area contributed by atoms with E-state index in [1.807, 2.05) is 37.3 Å². The fourth-order valence-electron chi connectivity index (χ4n) is 5.68. The number of rotatable bonds is 11. The maximum atomic E-state index is 13.2. The molecule has 1 saturated heterocycles. The molecule has 0 bridgehead atoms. The van der Waals surface area contributed by atoms with Crippen LogP contribution >= 0.6 is 0 Å². The number of benzene rings is 3. The number of nitrogens with zero attached hydrogens (tertiary/aromatic N) is 3. The molecular weight excluding hydrogens is 616 g/mol. The molecule has 0 spiro atoms. The molecule has 2 aliphatic rings. The molecule has 0 aromatic heterocycles. The van der Waals surface area contributed by atoms with Crippen LogP contribution in [0.1, 0.15) is 67.9 Å². The summed E-state index contributed by atoms with van der Waals surface area (Å²) in [5.41, 5.74) is 2.43. The number of carbonyl (C=O) groups is 5. The van der Waals surface area contributed by atoms with Crippen molar-refractivity contribution >= 4 is 51.9 Å². The Kier molecular flexibility index (Phi) is 10.4. The summed E-state index contributed by atoms with van der Waals surface area (Å²) >= 11 is 0. The van der Waals surface area contributed by atoms with Crippen LogP contribution in [0, 0.1) is 6.92 Å². The van der Waals surface area contributed by atoms with E-state index < -0.39 is 23.6 Å². The maximum Gasteiger partial charge on any atom is 0.407 e. The highest BCUT2D eigenvalue weighted by Gasteiger charge is 2.40. The van der Waals surface area contributed by atoms with E-state index in [0.717, 1.165) is 16.3 Å². The topological polar surface area (TPSA) is 168 Å². The summed E-state index contributed by atoms with van der Waals surface area (Å²) in [5, 5.41) is 18.5. The van der Waals surface area contributed by atoms with E-state index >= 15 is 0 Å². The van der Waals surface area contributed by atoms with E-state index in [9.17, 15) is 24.0 Å². The Balaban J connectivity index is 1.21. The van der Waals surface area contributed by atoms with Gasteiger partial charge in [0.05, 0.1) is 11.4 Å². The monoisotopic (exact) mass is 656 g/mol. The summed E-state index contributed by atoms with van der Waals surface area (Å²) in [6.45, 7) is 8.18. The summed E-state index contributed by atoms with van der Waals surface area (Å²) in [7, 11) is 0. The van der Waals surface area contributed by atoms with Crippen LogP contribution in [-0.2, 0) is 25.7 Å². The minimum Gasteiger partial charge on any atom is -0.483 e. The van der Waals surface area contributed by atoms with Crippen molar-refractivity contribution in [3.8, 4) is 5.75 Å². The fourth-order valence-corrected chi connectivity index (χ4v) is 5.68. The average molecular weight is 657 g/mol. The third kappa shape index (κ3) is 8.14. The minimum atomic E-state index is -0.721. The van der Waals surface area contributed by atoms with Crippen molar-refractivity contribution in [3.63, 3.8) is 0 Å². The first-order chi connectivity index (χ1) is 22.9. The van der Waals surface area contributed by atoms with Gasteiger partial charge in [-0.05, 0) is 70.7 Å². The molecule has 0 saturated carbocycles. The molecule has 3 N–H and O–H groups in total. The van der Waals surface area contributed by atoms with Crippen LogP contribution in [0.25, 0.3) is 10.8 Å². The van der Waals surface area contributed by atoms with Crippen LogP contribution < -0.4 is 20.7 Å². The second kappa shape index (κ2) is 14.6. The van der Waals surface area contributed by atoms with Gasteiger partial charge >= 0.3 is 6.09 Å². The zero-order chi connectivity index (χ0) is 34.4. The van der Waals surface area contributed by atoms with Crippen molar-refractivity contribution in [3.05, 3.63) is 65.2 Å². The summed E-state index contributed by atoms with van der Waals surface area (Å²) in [6.07, 6.45) is 1.35. The second-order valence-electron chi connectivity index (χ2n) is 12.8. The van der Waals surface area contributed by atoms with Gasteiger partial charge in [-0.2, -0.15) is 5.11 Å². The number of piperidine rings is 1. The van der Waals surface area contributed by atoms with Gasteiger partial charge in [0, 0.05) is 48.0 Å². The van der Waals surface area contributed by atoms with Crippen molar-refractivity contribution < 1.29 is 33.4 Å². The number of hydrogen-bond acceptors (Lipinski definition) is 9. The van der Waals surface area contributed by atoms with E-state index in [2.05, 4.69) is 26.2 Å². The number of imide groups is 1. The predicted octanol–water partition coefficient (Wildman–Crippen LogP) is 5.12. The van der Waals surface area contributed by atoms with E-state index in [4.69, 9.17) is 9.47 Å². The van der Waals surface area contributed by atoms with Crippen molar-refractivity contribution in [2.24, 2.45) is 10.2 Å². The third-order valence-corrected chi connectivity index (χ3v) is 7.92. The van der Waals surface area contributed by atoms with Gasteiger partial charge in [0.15, 0.2) is 6.61 Å². The quantitative estimate of drug-likeness (QED) is 0.146. The molecule has 3 aromatic rings. The number of ether oxygens (including phenoxy) is 2. The number of aryl methyl sites for hydroxylation is 1. The molecule has 5 rings (SSSR count). The Morgan fingerprint density at radius 2 is 1.67 bits per heavy atom. The summed E-state index contributed by atoms with van der Waals surface area (Å²) in [4.78, 5) is 63.0. The van der Waals surface area contributed by atoms with Gasteiger partial charge in [-0.25, -0.2) is 4.79 Å². The largest absolute Gasteiger partial charge is 0.483 e. The lowest BCUT2D eigenvalue weighted by molar-refractivity contribution is -0.137. The lowest BCUT2D eigenvalue weighted by atomic mass is 10.0. The highest BCUT2D eigenvalue weighted by molar-refractivity contribution is 6.06. The van der Waals surface area contributed by atoms with Crippen molar-refractivity contribution in [1.29, 1.82) is 0 Å². The molecule has 1 atom stereocenters. The highest BCUT2D eigenvalue weighted by atomic mass is 16.6. The number of carbonyl (C=O) groups excluding carboxylic acids is 5. The number of fused-ring (bicyclic) bond motifs is 2. The average Bonchev–Trinajstić information content (AvgIpc) is 3.36. The van der Waals surface area contributed by atoms with Crippen LogP contribution in [0.15, 0.2) is 58.8 Å². The van der Waals surface area contributed by atoms with Gasteiger partial charge in [-0.15, -0.1) is 5.11 Å². The van der Waals surface area contributed by atoms with E-state index in [-0.39, 0.29) is 43.7 Å². The second-order valence-corrected chi connectivity index (χ2v) is 12.8. The van der Waals surface area contributed by atoms with Crippen molar-refractivity contribution in [2.75, 3.05) is 19.7 Å². The first-order valence-corrected chi connectivity index (χ1v) is 16.0. The molecule has 1 fully saturated rings. The molecule has 13 nitrogen and oxygen atoms in total. The lowest BCUT2D eigenvalue weighted by Gasteiger charge is -2.29. The molecule has 2 heterocycles. The van der Waals surface area contributed by atoms with Gasteiger partial charge in [-0.1, -0.05) is 30.3 Å². The number of amides is 5. The van der Waals surface area contributed by atoms with Gasteiger partial charge in [0.1, 0.15) is 17.4 Å². The van der Waals surface area contributed by atoms with Gasteiger partial charge < -0.3 is 25.0 Å². The van der Waals surface area contributed by atoms with E-state index in [0.29, 0.717) is 54.2 Å². The Bertz CT molecular complexity index is 1780. The molecule has 13 heteroatoms. The normalized spacial score (nSPS) is 16.2. The van der Waals surface area contributed by atoms with Gasteiger partial charge in [0.2, 0.25) is 11.8 Å². The van der Waals surface area contributed by atoms with Crippen molar-refractivity contribution in [1.82, 2.24) is 20.9 Å². The van der Waals surface area contributed by atoms with Gasteiger partial charge in [-0.3, -0.25) is 24.5 Å². The lowest BCUT2D eigenvalue weighted by Crippen LogP contribution is -2.52. The smallest absolute Gasteiger partial charge is 0.407 e. The number of nitrogens with one attached hydrogen (secondary N) is 3. The number of hydrogen-bond donors (Lipinski definition) is 3. The molecule has 1 unspecified atom stereocenters. The summed E-state index contributed by atoms with van der Waals surface area (Å²) in [6, 6.07) is 13.9. The van der Waals surface area contributed by atoms with Gasteiger partial charge in [0.25, 0.3) is 11.8 Å². The third-order valence-electron chi connectivity index (χ3n) is 7.92. The summed E-state index contributed by atoms with van der Waals surface area (Å²) in [5.74, 6) is -0.788. The fraction of sp³-hybridized carbons (Fsp3) is 0.400. The predicted molar refractivity (Wildman–Crippen MR) is 177 cm³/mol. The molecule has 3 aromatic carbocycles. The Hall–Kier alpha value is -5.33. The molecule has 48 heavy (non-hydrogen) atoms. The van der Waals surface area contributed by atoms with E-state index in [1.54, 1.807) is 39.0 Å². The number of unbranched alkanes of at least 4 members (excludes halogenated alkanes) is 1. The zero-order valence-electron chi connectivity index (χ0n) is 27.6. The maximum absolute atomic E-state index is 13.2. The van der Waals surface area contributed by atoms with Crippen LogP contribution in [0.5, 0.6) is 5.75 Å². The van der Waals surface area contributed by atoms with Crippen LogP contribution in [0.2, 0.25) is 0 Å². The first-order valence-electron chi connectivity index (χ1n) is 16.0. The molecule has 2 aliphatic heterocycles. The minimum absolute atomic E-state index is 0.171. The Morgan fingerprint density at radius 1 is 0.958 bits per heavy atom. The molecule has 252 valence electrons. The number of azo groups is 1. The molecule has 5 amide bonds. The first kappa shape index (κ1) is 34.0. The zero-order valence-corrected chi connectivity index (χ0v) is 27.6. The highest BCUT2D eigenvalue weighted by Crippen LogP contribution is 2.39. The van der Waals surface area contributed by atoms with Crippen LogP contribution in [0.3, 0.4) is 0 Å². The van der Waals surface area contributed by atoms with Crippen molar-refractivity contribution in [2.45, 2.75) is 71.6 Å². The molecule has 0 radical (unpaired) electrons.